The van der Waals surface area contributed by atoms with Crippen LogP contribution in [0.3, 0.4) is 0 Å². The summed E-state index contributed by atoms with van der Waals surface area (Å²) in [6.07, 6.45) is 7.00. The zero-order valence-corrected chi connectivity index (χ0v) is 12.4. The standard InChI is InChI=1S/C17H19ClFN/c1-3-4-6-13(17(20)12-9-10-12)11(2)16-14(18)7-5-8-15(16)19/h4-8,12H,2-3,9-10,20H2,1H3/b6-4+,17-13-. The molecule has 0 aromatic heterocycles. The maximum Gasteiger partial charge on any atom is 0.132 e. The maximum atomic E-state index is 14.0. The molecular formula is C17H19ClFN. The molecule has 1 saturated carbocycles. The Kier molecular flexibility index (Phi) is 4.66. The Bertz CT molecular complexity index is 562. The molecule has 0 heterocycles. The van der Waals surface area contributed by atoms with Gasteiger partial charge in [-0.25, -0.2) is 4.39 Å². The van der Waals surface area contributed by atoms with E-state index in [2.05, 4.69) is 6.58 Å². The second-order valence-corrected chi connectivity index (χ2v) is 5.44. The summed E-state index contributed by atoms with van der Waals surface area (Å²) in [5.74, 6) is 0.0299. The van der Waals surface area contributed by atoms with Gasteiger partial charge in [0.15, 0.2) is 0 Å². The average Bonchev–Trinajstić information content (AvgIpc) is 3.23. The predicted octanol–water partition coefficient (Wildman–Crippen LogP) is 5.08. The molecule has 0 atom stereocenters. The minimum atomic E-state index is -0.367. The highest BCUT2D eigenvalue weighted by molar-refractivity contribution is 6.32. The van der Waals surface area contributed by atoms with Crippen LogP contribution in [0, 0.1) is 11.7 Å². The number of halogens is 2. The Morgan fingerprint density at radius 1 is 1.50 bits per heavy atom. The molecule has 1 aromatic rings. The first-order valence-corrected chi connectivity index (χ1v) is 7.23. The van der Waals surface area contributed by atoms with Crippen LogP contribution in [-0.4, -0.2) is 0 Å². The monoisotopic (exact) mass is 291 g/mol. The van der Waals surface area contributed by atoms with Crippen molar-refractivity contribution in [2.45, 2.75) is 26.2 Å². The molecule has 0 saturated heterocycles. The first-order valence-electron chi connectivity index (χ1n) is 6.86. The second kappa shape index (κ2) is 6.27. The molecule has 2 N–H and O–H groups in total. The number of allylic oxidation sites excluding steroid dienone is 5. The van der Waals surface area contributed by atoms with Crippen LogP contribution >= 0.6 is 11.6 Å². The molecule has 0 amide bonds. The van der Waals surface area contributed by atoms with Gasteiger partial charge >= 0.3 is 0 Å². The fourth-order valence-corrected chi connectivity index (χ4v) is 2.42. The van der Waals surface area contributed by atoms with Gasteiger partial charge in [-0.3, -0.25) is 0 Å². The molecule has 0 radical (unpaired) electrons. The van der Waals surface area contributed by atoms with Crippen molar-refractivity contribution < 1.29 is 4.39 Å². The molecule has 1 aromatic carbocycles. The molecule has 0 bridgehead atoms. The molecule has 1 fully saturated rings. The van der Waals surface area contributed by atoms with E-state index in [0.717, 1.165) is 30.5 Å². The Balaban J connectivity index is 2.46. The van der Waals surface area contributed by atoms with Crippen molar-refractivity contribution in [1.29, 1.82) is 0 Å². The number of rotatable bonds is 5. The van der Waals surface area contributed by atoms with Gasteiger partial charge in [0, 0.05) is 16.8 Å². The van der Waals surface area contributed by atoms with E-state index in [1.807, 2.05) is 19.1 Å². The molecule has 1 nitrogen and oxygen atoms in total. The van der Waals surface area contributed by atoms with Gasteiger partial charge < -0.3 is 5.73 Å². The molecular weight excluding hydrogens is 273 g/mol. The van der Waals surface area contributed by atoms with Crippen molar-refractivity contribution in [1.82, 2.24) is 0 Å². The Morgan fingerprint density at radius 3 is 2.75 bits per heavy atom. The van der Waals surface area contributed by atoms with Crippen LogP contribution in [0.4, 0.5) is 4.39 Å². The fraction of sp³-hybridized carbons (Fsp3) is 0.294. The second-order valence-electron chi connectivity index (χ2n) is 5.03. The Labute approximate surface area is 124 Å². The lowest BCUT2D eigenvalue weighted by atomic mass is 9.95. The van der Waals surface area contributed by atoms with Crippen molar-refractivity contribution in [3.05, 3.63) is 64.6 Å². The summed E-state index contributed by atoms with van der Waals surface area (Å²) < 4.78 is 14.0. The Hall–Kier alpha value is -1.54. The summed E-state index contributed by atoms with van der Waals surface area (Å²) in [6, 6.07) is 4.64. The third kappa shape index (κ3) is 3.13. The predicted molar refractivity (Wildman–Crippen MR) is 83.8 cm³/mol. The lowest BCUT2D eigenvalue weighted by molar-refractivity contribution is 0.624. The largest absolute Gasteiger partial charge is 0.401 e. The summed E-state index contributed by atoms with van der Waals surface area (Å²) in [5, 5.41) is 0.362. The maximum absolute atomic E-state index is 14.0. The molecule has 1 aliphatic carbocycles. The van der Waals surface area contributed by atoms with E-state index in [1.165, 1.54) is 6.07 Å². The van der Waals surface area contributed by atoms with Crippen LogP contribution in [-0.2, 0) is 0 Å². The molecule has 20 heavy (non-hydrogen) atoms. The van der Waals surface area contributed by atoms with E-state index < -0.39 is 0 Å². The van der Waals surface area contributed by atoms with Crippen LogP contribution in [0.5, 0.6) is 0 Å². The van der Waals surface area contributed by atoms with E-state index in [9.17, 15) is 4.39 Å². The number of benzene rings is 1. The molecule has 3 heteroatoms. The highest BCUT2D eigenvalue weighted by Gasteiger charge is 2.27. The van der Waals surface area contributed by atoms with Crippen LogP contribution in [0.15, 0.2) is 48.2 Å². The number of hydrogen-bond donors (Lipinski definition) is 1. The molecule has 0 unspecified atom stereocenters. The van der Waals surface area contributed by atoms with E-state index in [4.69, 9.17) is 17.3 Å². The van der Waals surface area contributed by atoms with Gasteiger partial charge in [-0.2, -0.15) is 0 Å². The van der Waals surface area contributed by atoms with Crippen molar-refractivity contribution in [2.75, 3.05) is 0 Å². The van der Waals surface area contributed by atoms with E-state index in [-0.39, 0.29) is 5.82 Å². The van der Waals surface area contributed by atoms with Gasteiger partial charge in [0.1, 0.15) is 5.82 Å². The Morgan fingerprint density at radius 2 is 2.20 bits per heavy atom. The third-order valence-electron chi connectivity index (χ3n) is 3.44. The van der Waals surface area contributed by atoms with Gasteiger partial charge in [0.25, 0.3) is 0 Å². The smallest absolute Gasteiger partial charge is 0.132 e. The van der Waals surface area contributed by atoms with Gasteiger partial charge in [0.05, 0.1) is 5.02 Å². The zero-order valence-electron chi connectivity index (χ0n) is 11.6. The third-order valence-corrected chi connectivity index (χ3v) is 3.75. The summed E-state index contributed by atoms with van der Waals surface area (Å²) in [5.41, 5.74) is 8.70. The van der Waals surface area contributed by atoms with Crippen molar-refractivity contribution in [3.63, 3.8) is 0 Å². The minimum absolute atomic E-state index is 0.341. The summed E-state index contributed by atoms with van der Waals surface area (Å²) in [6.45, 7) is 6.06. The van der Waals surface area contributed by atoms with Crippen molar-refractivity contribution in [2.24, 2.45) is 11.7 Å². The van der Waals surface area contributed by atoms with Gasteiger partial charge in [-0.1, -0.05) is 43.3 Å². The average molecular weight is 292 g/mol. The fourth-order valence-electron chi connectivity index (χ4n) is 2.14. The molecule has 0 spiro atoms. The van der Waals surface area contributed by atoms with Gasteiger partial charge in [-0.15, -0.1) is 0 Å². The number of nitrogens with two attached hydrogens (primary N) is 1. The minimum Gasteiger partial charge on any atom is -0.401 e. The highest BCUT2D eigenvalue weighted by Crippen LogP contribution is 2.39. The SMILES string of the molecule is C=C(C(/C=C/CC)=C(\N)C1CC1)c1c(F)cccc1Cl. The van der Waals surface area contributed by atoms with Gasteiger partial charge in [-0.05, 0) is 42.9 Å². The normalized spacial score (nSPS) is 16.4. The first-order chi connectivity index (χ1) is 9.56. The summed E-state index contributed by atoms with van der Waals surface area (Å²) in [4.78, 5) is 0. The van der Waals surface area contributed by atoms with Crippen molar-refractivity contribution in [3.8, 4) is 0 Å². The topological polar surface area (TPSA) is 26.0 Å². The molecule has 0 aliphatic heterocycles. The van der Waals surface area contributed by atoms with Crippen LogP contribution in [0.2, 0.25) is 5.02 Å². The van der Waals surface area contributed by atoms with Gasteiger partial charge in [0.2, 0.25) is 0 Å². The summed E-state index contributed by atoms with van der Waals surface area (Å²) >= 11 is 6.11. The van der Waals surface area contributed by atoms with Crippen LogP contribution < -0.4 is 5.73 Å². The van der Waals surface area contributed by atoms with Crippen molar-refractivity contribution >= 4 is 17.2 Å². The van der Waals surface area contributed by atoms with Crippen LogP contribution in [0.25, 0.3) is 5.57 Å². The lowest BCUT2D eigenvalue weighted by Crippen LogP contribution is -2.06. The lowest BCUT2D eigenvalue weighted by Gasteiger charge is -2.14. The molecule has 2 rings (SSSR count). The zero-order chi connectivity index (χ0) is 14.7. The van der Waals surface area contributed by atoms with E-state index in [0.29, 0.717) is 22.1 Å². The first kappa shape index (κ1) is 14.9. The number of hydrogen-bond acceptors (Lipinski definition) is 1. The van der Waals surface area contributed by atoms with E-state index in [1.54, 1.807) is 12.1 Å². The molecule has 1 aliphatic rings. The summed E-state index contributed by atoms with van der Waals surface area (Å²) in [7, 11) is 0. The van der Waals surface area contributed by atoms with E-state index >= 15 is 0 Å². The quantitative estimate of drug-likeness (QED) is 0.752. The molecule has 106 valence electrons. The van der Waals surface area contributed by atoms with Crippen LogP contribution in [0.1, 0.15) is 31.7 Å². The highest BCUT2D eigenvalue weighted by atomic mass is 35.5.